The lowest BCUT2D eigenvalue weighted by Crippen LogP contribution is -2.37. The SMILES string of the molecule is Nc1ncc(CN2CCC(Oc3ccc(-n4c(C(F)(F)C(F)(F)F)nc5cc(S)cnc54)cc3)CC2)cn1. The van der Waals surface area contributed by atoms with Crippen LogP contribution in [0.25, 0.3) is 16.9 Å². The molecule has 5 rings (SSSR count). The number of alkyl halides is 5. The normalized spacial score (nSPS) is 15.7. The van der Waals surface area contributed by atoms with Gasteiger partial charge >= 0.3 is 12.1 Å². The molecule has 0 unspecified atom stereocenters. The maximum Gasteiger partial charge on any atom is 0.461 e. The lowest BCUT2D eigenvalue weighted by molar-refractivity contribution is -0.292. The molecule has 3 aromatic heterocycles. The van der Waals surface area contributed by atoms with Crippen LogP contribution < -0.4 is 10.5 Å². The average Bonchev–Trinajstić information content (AvgIpc) is 3.26. The summed E-state index contributed by atoms with van der Waals surface area (Å²) >= 11 is 4.08. The monoisotopic (exact) mass is 551 g/mol. The van der Waals surface area contributed by atoms with E-state index in [1.54, 1.807) is 12.4 Å². The van der Waals surface area contributed by atoms with Crippen LogP contribution in [0.4, 0.5) is 27.9 Å². The van der Waals surface area contributed by atoms with Crippen LogP contribution in [-0.2, 0) is 12.5 Å². The fraction of sp³-hybridized carbons (Fsp3) is 0.333. The van der Waals surface area contributed by atoms with Gasteiger partial charge in [-0.25, -0.2) is 19.9 Å². The number of imidazole rings is 1. The number of fused-ring (bicyclic) bond motifs is 1. The molecule has 1 aromatic carbocycles. The summed E-state index contributed by atoms with van der Waals surface area (Å²) < 4.78 is 75.3. The van der Waals surface area contributed by atoms with Crippen LogP contribution in [0.2, 0.25) is 0 Å². The molecule has 0 bridgehead atoms. The molecule has 0 saturated carbocycles. The van der Waals surface area contributed by atoms with E-state index in [1.807, 2.05) is 0 Å². The summed E-state index contributed by atoms with van der Waals surface area (Å²) in [4.78, 5) is 18.1. The molecule has 2 N–H and O–H groups in total. The number of halogens is 5. The quantitative estimate of drug-likeness (QED) is 0.263. The molecule has 0 aliphatic carbocycles. The number of ether oxygens (including phenoxy) is 1. The molecule has 0 amide bonds. The largest absolute Gasteiger partial charge is 0.490 e. The molecule has 8 nitrogen and oxygen atoms in total. The zero-order valence-corrected chi connectivity index (χ0v) is 20.6. The third-order valence-electron chi connectivity index (χ3n) is 6.18. The van der Waals surface area contributed by atoms with Crippen LogP contribution >= 0.6 is 12.6 Å². The van der Waals surface area contributed by atoms with Crippen molar-refractivity contribution in [2.45, 2.75) is 42.5 Å². The van der Waals surface area contributed by atoms with Gasteiger partial charge < -0.3 is 10.5 Å². The van der Waals surface area contributed by atoms with Crippen LogP contribution in [0.5, 0.6) is 5.75 Å². The standard InChI is InChI=1S/C24H22F5N7OS/c25-23(26,24(27,28)29)21-34-19-9-18(38)12-31-20(19)36(21)15-1-3-16(4-2-15)37-17-5-7-35(8-6-17)13-14-10-32-22(30)33-11-14/h1-4,9-12,17,38H,5-8,13H2,(H2,30,32,33). The van der Waals surface area contributed by atoms with Crippen molar-refractivity contribution in [2.24, 2.45) is 0 Å². The number of pyridine rings is 1. The van der Waals surface area contributed by atoms with Crippen LogP contribution in [0.1, 0.15) is 24.2 Å². The van der Waals surface area contributed by atoms with E-state index in [0.717, 1.165) is 31.5 Å². The molecular weight excluding hydrogens is 529 g/mol. The molecule has 4 heterocycles. The second-order valence-electron chi connectivity index (χ2n) is 8.92. The maximum absolute atomic E-state index is 14.4. The van der Waals surface area contributed by atoms with Gasteiger partial charge in [0.15, 0.2) is 11.5 Å². The minimum absolute atomic E-state index is 0.0405. The van der Waals surface area contributed by atoms with Gasteiger partial charge in [-0.05, 0) is 43.2 Å². The van der Waals surface area contributed by atoms with Crippen molar-refractivity contribution >= 4 is 29.7 Å². The summed E-state index contributed by atoms with van der Waals surface area (Å²) in [5, 5.41) is 0. The first-order chi connectivity index (χ1) is 18.0. The Labute approximate surface area is 219 Å². The van der Waals surface area contributed by atoms with Crippen molar-refractivity contribution in [3.05, 3.63) is 60.3 Å². The van der Waals surface area contributed by atoms with Gasteiger partial charge in [0.2, 0.25) is 5.95 Å². The van der Waals surface area contributed by atoms with Gasteiger partial charge in [0.1, 0.15) is 17.4 Å². The number of rotatable bonds is 6. The van der Waals surface area contributed by atoms with Crippen molar-refractivity contribution in [1.29, 1.82) is 0 Å². The molecule has 200 valence electrons. The number of nitrogen functional groups attached to an aromatic ring is 1. The predicted octanol–water partition coefficient (Wildman–Crippen LogP) is 4.78. The van der Waals surface area contributed by atoms with Crippen molar-refractivity contribution in [3.63, 3.8) is 0 Å². The number of benzene rings is 1. The summed E-state index contributed by atoms with van der Waals surface area (Å²) in [7, 11) is 0. The first kappa shape index (κ1) is 26.1. The maximum atomic E-state index is 14.4. The molecule has 1 aliphatic rings. The second kappa shape index (κ2) is 9.98. The molecule has 1 aliphatic heterocycles. The van der Waals surface area contributed by atoms with Crippen molar-refractivity contribution in [2.75, 3.05) is 18.8 Å². The molecule has 0 atom stereocenters. The molecule has 0 radical (unpaired) electrons. The Balaban J connectivity index is 1.31. The Bertz CT molecular complexity index is 1420. The van der Waals surface area contributed by atoms with Crippen LogP contribution in [0.3, 0.4) is 0 Å². The highest BCUT2D eigenvalue weighted by atomic mass is 32.1. The number of nitrogens with two attached hydrogens (primary N) is 1. The third kappa shape index (κ3) is 5.23. The predicted molar refractivity (Wildman–Crippen MR) is 131 cm³/mol. The first-order valence-corrected chi connectivity index (χ1v) is 12.0. The van der Waals surface area contributed by atoms with E-state index in [4.69, 9.17) is 10.5 Å². The number of hydrogen-bond donors (Lipinski definition) is 2. The molecule has 14 heteroatoms. The third-order valence-corrected chi connectivity index (χ3v) is 6.43. The molecular formula is C24H22F5N7OS. The van der Waals surface area contributed by atoms with Gasteiger partial charge in [-0.2, -0.15) is 22.0 Å². The number of nitrogens with zero attached hydrogens (tertiary/aromatic N) is 6. The van der Waals surface area contributed by atoms with Crippen LogP contribution in [0.15, 0.2) is 53.8 Å². The Hall–Kier alpha value is -3.52. The molecule has 1 saturated heterocycles. The fourth-order valence-corrected chi connectivity index (χ4v) is 4.47. The number of piperidine rings is 1. The first-order valence-electron chi connectivity index (χ1n) is 11.6. The second-order valence-corrected chi connectivity index (χ2v) is 9.43. The van der Waals surface area contributed by atoms with Gasteiger partial charge in [-0.3, -0.25) is 9.47 Å². The Morgan fingerprint density at radius 3 is 2.26 bits per heavy atom. The van der Waals surface area contributed by atoms with E-state index >= 15 is 0 Å². The molecule has 38 heavy (non-hydrogen) atoms. The fourth-order valence-electron chi connectivity index (χ4n) is 4.29. The Morgan fingerprint density at radius 2 is 1.63 bits per heavy atom. The number of aromatic nitrogens is 5. The highest BCUT2D eigenvalue weighted by Gasteiger charge is 2.62. The van der Waals surface area contributed by atoms with Gasteiger partial charge in [-0.1, -0.05) is 0 Å². The summed E-state index contributed by atoms with van der Waals surface area (Å²) in [5.41, 5.74) is 6.24. The minimum Gasteiger partial charge on any atom is -0.490 e. The topological polar surface area (TPSA) is 95.0 Å². The lowest BCUT2D eigenvalue weighted by Gasteiger charge is -2.32. The van der Waals surface area contributed by atoms with E-state index in [-0.39, 0.29) is 33.8 Å². The number of hydrogen-bond acceptors (Lipinski definition) is 8. The van der Waals surface area contributed by atoms with Crippen LogP contribution in [-0.4, -0.2) is 54.8 Å². The molecule has 0 spiro atoms. The van der Waals surface area contributed by atoms with Crippen molar-refractivity contribution in [1.82, 2.24) is 29.4 Å². The zero-order chi connectivity index (χ0) is 27.1. The van der Waals surface area contributed by atoms with Crippen LogP contribution in [0, 0.1) is 0 Å². The minimum atomic E-state index is -5.84. The summed E-state index contributed by atoms with van der Waals surface area (Å²) in [6.07, 6.45) is 0.230. The lowest BCUT2D eigenvalue weighted by atomic mass is 10.1. The van der Waals surface area contributed by atoms with E-state index in [0.29, 0.717) is 16.9 Å². The Morgan fingerprint density at radius 1 is 0.974 bits per heavy atom. The summed E-state index contributed by atoms with van der Waals surface area (Å²) in [6, 6.07) is 7.14. The Kier molecular flexibility index (Phi) is 6.86. The van der Waals surface area contributed by atoms with Crippen molar-refractivity contribution < 1.29 is 26.7 Å². The summed E-state index contributed by atoms with van der Waals surface area (Å²) in [5.74, 6) is -5.98. The van der Waals surface area contributed by atoms with Gasteiger partial charge in [0, 0.05) is 54.4 Å². The summed E-state index contributed by atoms with van der Waals surface area (Å²) in [6.45, 7) is 2.25. The average molecular weight is 552 g/mol. The van der Waals surface area contributed by atoms with Gasteiger partial charge in [-0.15, -0.1) is 12.6 Å². The molecule has 1 fully saturated rings. The van der Waals surface area contributed by atoms with Gasteiger partial charge in [0.05, 0.1) is 0 Å². The number of likely N-dealkylation sites (tertiary alicyclic amines) is 1. The number of anilines is 1. The highest BCUT2D eigenvalue weighted by molar-refractivity contribution is 7.80. The van der Waals surface area contributed by atoms with Gasteiger partial charge in [0.25, 0.3) is 0 Å². The van der Waals surface area contributed by atoms with E-state index < -0.39 is 17.9 Å². The zero-order valence-electron chi connectivity index (χ0n) is 19.7. The smallest absolute Gasteiger partial charge is 0.461 e. The molecule has 4 aromatic rings. The van der Waals surface area contributed by atoms with E-state index in [9.17, 15) is 22.0 Å². The van der Waals surface area contributed by atoms with E-state index in [1.165, 1.54) is 36.5 Å². The number of thiol groups is 1. The van der Waals surface area contributed by atoms with Crippen molar-refractivity contribution in [3.8, 4) is 11.4 Å². The highest BCUT2D eigenvalue weighted by Crippen LogP contribution is 2.45. The van der Waals surface area contributed by atoms with E-state index in [2.05, 4.69) is 37.5 Å².